The predicted molar refractivity (Wildman–Crippen MR) is 92.3 cm³/mol. The van der Waals surface area contributed by atoms with Crippen molar-refractivity contribution >= 4 is 11.5 Å². The Kier molecular flexibility index (Phi) is 5.06. The first-order valence-corrected chi connectivity index (χ1v) is 7.87. The topological polar surface area (TPSA) is 47.0 Å². The summed E-state index contributed by atoms with van der Waals surface area (Å²) in [5.41, 5.74) is 1.24. The standard InChI is InChI=1S/C19H16F3N3O/c1-13-7-5-6-10-16(13)24-17-15(19(20,21)22)11-23-18(25-17)26-12-14-8-3-2-4-9-14/h2-11H,12H2,1H3,(H,23,24,25). The number of anilines is 2. The van der Waals surface area contributed by atoms with Crippen LogP contribution < -0.4 is 10.1 Å². The van der Waals surface area contributed by atoms with Crippen LogP contribution in [-0.4, -0.2) is 9.97 Å². The van der Waals surface area contributed by atoms with Crippen LogP contribution in [0.1, 0.15) is 16.7 Å². The summed E-state index contributed by atoms with van der Waals surface area (Å²) in [7, 11) is 0. The van der Waals surface area contributed by atoms with Crippen molar-refractivity contribution in [3.8, 4) is 6.01 Å². The second kappa shape index (κ2) is 7.43. The van der Waals surface area contributed by atoms with Crippen LogP contribution >= 0.6 is 0 Å². The molecule has 0 aliphatic rings. The summed E-state index contributed by atoms with van der Waals surface area (Å²) in [6.07, 6.45) is -3.85. The van der Waals surface area contributed by atoms with Crippen molar-refractivity contribution in [2.75, 3.05) is 5.32 Å². The molecule has 7 heteroatoms. The molecule has 4 nitrogen and oxygen atoms in total. The average Bonchev–Trinajstić information content (AvgIpc) is 2.62. The molecule has 0 spiro atoms. The van der Waals surface area contributed by atoms with E-state index in [-0.39, 0.29) is 18.4 Å². The van der Waals surface area contributed by atoms with Gasteiger partial charge in [-0.15, -0.1) is 0 Å². The molecule has 1 N–H and O–H groups in total. The maximum absolute atomic E-state index is 13.3. The summed E-state index contributed by atoms with van der Waals surface area (Å²) in [6.45, 7) is 1.96. The lowest BCUT2D eigenvalue weighted by molar-refractivity contribution is -0.137. The number of aryl methyl sites for hydroxylation is 1. The first kappa shape index (κ1) is 17.7. The number of hydrogen-bond donors (Lipinski definition) is 1. The zero-order valence-corrected chi connectivity index (χ0v) is 13.9. The number of aromatic nitrogens is 2. The molecule has 0 fully saturated rings. The van der Waals surface area contributed by atoms with Crippen LogP contribution in [-0.2, 0) is 12.8 Å². The first-order chi connectivity index (χ1) is 12.4. The Labute approximate surface area is 148 Å². The second-order valence-corrected chi connectivity index (χ2v) is 5.63. The van der Waals surface area contributed by atoms with Gasteiger partial charge in [-0.3, -0.25) is 0 Å². The lowest BCUT2D eigenvalue weighted by Gasteiger charge is -2.15. The summed E-state index contributed by atoms with van der Waals surface area (Å²) in [5, 5.41) is 2.73. The molecule has 3 aromatic rings. The number of alkyl halides is 3. The van der Waals surface area contributed by atoms with E-state index in [9.17, 15) is 13.2 Å². The molecule has 2 aromatic carbocycles. The molecule has 0 amide bonds. The number of nitrogens with one attached hydrogen (secondary N) is 1. The molecule has 0 saturated carbocycles. The summed E-state index contributed by atoms with van der Waals surface area (Å²) in [4.78, 5) is 7.62. The minimum absolute atomic E-state index is 0.127. The second-order valence-electron chi connectivity index (χ2n) is 5.63. The smallest absolute Gasteiger partial charge is 0.421 e. The largest absolute Gasteiger partial charge is 0.459 e. The Hall–Kier alpha value is -3.09. The highest BCUT2D eigenvalue weighted by Gasteiger charge is 2.35. The number of para-hydroxylation sites is 1. The fraction of sp³-hybridized carbons (Fsp3) is 0.158. The molecule has 0 aliphatic carbocycles. The fourth-order valence-electron chi connectivity index (χ4n) is 2.30. The number of benzene rings is 2. The third kappa shape index (κ3) is 4.30. The van der Waals surface area contributed by atoms with Crippen molar-refractivity contribution in [2.45, 2.75) is 19.7 Å². The minimum atomic E-state index is -4.58. The van der Waals surface area contributed by atoms with Gasteiger partial charge in [0.25, 0.3) is 0 Å². The number of halogens is 3. The van der Waals surface area contributed by atoms with Gasteiger partial charge in [0.05, 0.1) is 0 Å². The summed E-state index contributed by atoms with van der Waals surface area (Å²) < 4.78 is 45.3. The van der Waals surface area contributed by atoms with E-state index in [4.69, 9.17) is 4.74 Å². The van der Waals surface area contributed by atoms with Gasteiger partial charge < -0.3 is 10.1 Å². The Balaban J connectivity index is 1.88. The van der Waals surface area contributed by atoms with E-state index >= 15 is 0 Å². The van der Waals surface area contributed by atoms with Gasteiger partial charge in [-0.1, -0.05) is 48.5 Å². The van der Waals surface area contributed by atoms with Crippen LogP contribution in [0, 0.1) is 6.92 Å². The molecule has 0 aliphatic heterocycles. The maximum Gasteiger partial charge on any atom is 0.421 e. The van der Waals surface area contributed by atoms with E-state index < -0.39 is 11.7 Å². The molecule has 3 rings (SSSR count). The van der Waals surface area contributed by atoms with Crippen LogP contribution in [0.3, 0.4) is 0 Å². The van der Waals surface area contributed by atoms with Crippen molar-refractivity contribution < 1.29 is 17.9 Å². The molecule has 0 atom stereocenters. The highest BCUT2D eigenvalue weighted by molar-refractivity contribution is 5.63. The Morgan fingerprint density at radius 3 is 2.38 bits per heavy atom. The molecule has 0 saturated heterocycles. The molecule has 26 heavy (non-hydrogen) atoms. The van der Waals surface area contributed by atoms with Crippen molar-refractivity contribution in [2.24, 2.45) is 0 Å². The zero-order valence-electron chi connectivity index (χ0n) is 13.9. The minimum Gasteiger partial charge on any atom is -0.459 e. The third-order valence-corrected chi connectivity index (χ3v) is 3.68. The molecular weight excluding hydrogens is 343 g/mol. The lowest BCUT2D eigenvalue weighted by atomic mass is 10.2. The SMILES string of the molecule is Cc1ccccc1Nc1nc(OCc2ccccc2)ncc1C(F)(F)F. The predicted octanol–water partition coefficient (Wildman–Crippen LogP) is 5.13. The van der Waals surface area contributed by atoms with Gasteiger partial charge in [0.2, 0.25) is 0 Å². The molecule has 0 bridgehead atoms. The molecular formula is C19H16F3N3O. The third-order valence-electron chi connectivity index (χ3n) is 3.68. The number of hydrogen-bond acceptors (Lipinski definition) is 4. The van der Waals surface area contributed by atoms with E-state index in [1.54, 1.807) is 31.2 Å². The number of nitrogens with zero attached hydrogens (tertiary/aromatic N) is 2. The molecule has 1 heterocycles. The van der Waals surface area contributed by atoms with Crippen LogP contribution in [0.5, 0.6) is 6.01 Å². The van der Waals surface area contributed by atoms with Crippen LogP contribution in [0.2, 0.25) is 0 Å². The van der Waals surface area contributed by atoms with Gasteiger partial charge in [0, 0.05) is 11.9 Å². The maximum atomic E-state index is 13.3. The number of rotatable bonds is 5. The molecule has 0 unspecified atom stereocenters. The highest BCUT2D eigenvalue weighted by atomic mass is 19.4. The molecule has 1 aromatic heterocycles. The molecule has 134 valence electrons. The Morgan fingerprint density at radius 1 is 1.00 bits per heavy atom. The van der Waals surface area contributed by atoms with Gasteiger partial charge in [0.1, 0.15) is 18.0 Å². The van der Waals surface area contributed by atoms with Crippen LogP contribution in [0.25, 0.3) is 0 Å². The van der Waals surface area contributed by atoms with Crippen LogP contribution in [0.4, 0.5) is 24.7 Å². The average molecular weight is 359 g/mol. The van der Waals surface area contributed by atoms with Gasteiger partial charge in [0.15, 0.2) is 0 Å². The van der Waals surface area contributed by atoms with E-state index in [1.807, 2.05) is 30.3 Å². The summed E-state index contributed by atoms with van der Waals surface area (Å²) in [5.74, 6) is -0.343. The quantitative estimate of drug-likeness (QED) is 0.686. The van der Waals surface area contributed by atoms with E-state index in [0.717, 1.165) is 17.3 Å². The van der Waals surface area contributed by atoms with Crippen molar-refractivity contribution in [1.29, 1.82) is 0 Å². The fourth-order valence-corrected chi connectivity index (χ4v) is 2.30. The van der Waals surface area contributed by atoms with Gasteiger partial charge in [-0.05, 0) is 24.1 Å². The molecule has 0 radical (unpaired) electrons. The van der Waals surface area contributed by atoms with E-state index in [0.29, 0.717) is 5.69 Å². The first-order valence-electron chi connectivity index (χ1n) is 7.87. The van der Waals surface area contributed by atoms with Gasteiger partial charge in [-0.2, -0.15) is 18.2 Å². The van der Waals surface area contributed by atoms with Crippen molar-refractivity contribution in [3.05, 3.63) is 77.5 Å². The zero-order chi connectivity index (χ0) is 18.6. The lowest BCUT2D eigenvalue weighted by Crippen LogP contribution is -2.12. The van der Waals surface area contributed by atoms with Gasteiger partial charge in [-0.25, -0.2) is 4.98 Å². The van der Waals surface area contributed by atoms with Crippen molar-refractivity contribution in [3.63, 3.8) is 0 Å². The number of ether oxygens (including phenoxy) is 1. The summed E-state index contributed by atoms with van der Waals surface area (Å²) in [6, 6.07) is 16.1. The normalized spacial score (nSPS) is 11.2. The van der Waals surface area contributed by atoms with Gasteiger partial charge >= 0.3 is 12.2 Å². The monoisotopic (exact) mass is 359 g/mol. The van der Waals surface area contributed by atoms with Crippen molar-refractivity contribution in [1.82, 2.24) is 9.97 Å². The highest BCUT2D eigenvalue weighted by Crippen LogP contribution is 2.35. The Bertz CT molecular complexity index is 883. The van der Waals surface area contributed by atoms with E-state index in [2.05, 4.69) is 15.3 Å². The Morgan fingerprint density at radius 2 is 1.69 bits per heavy atom. The van der Waals surface area contributed by atoms with E-state index in [1.165, 1.54) is 0 Å². The summed E-state index contributed by atoms with van der Waals surface area (Å²) >= 11 is 0. The van der Waals surface area contributed by atoms with Crippen LogP contribution in [0.15, 0.2) is 60.8 Å².